The van der Waals surface area contributed by atoms with Crippen LogP contribution in [0.3, 0.4) is 0 Å². The molecule has 0 aromatic heterocycles. The number of hydrogen-bond donors (Lipinski definition) is 2. The lowest BCUT2D eigenvalue weighted by Gasteiger charge is -2.25. The molecule has 4 N–H and O–H groups in total. The summed E-state index contributed by atoms with van der Waals surface area (Å²) in [6, 6.07) is 0.571. The van der Waals surface area contributed by atoms with E-state index >= 15 is 0 Å². The molecule has 4 fully saturated rings. The van der Waals surface area contributed by atoms with E-state index in [0.717, 1.165) is 38.5 Å². The van der Waals surface area contributed by atoms with Crippen molar-refractivity contribution in [2.75, 3.05) is 0 Å². The van der Waals surface area contributed by atoms with E-state index in [1.165, 1.54) is 0 Å². The van der Waals surface area contributed by atoms with E-state index in [2.05, 4.69) is 0 Å². The van der Waals surface area contributed by atoms with Gasteiger partial charge in [-0.15, -0.1) is 0 Å². The van der Waals surface area contributed by atoms with Gasteiger partial charge in [0.15, 0.2) is 0 Å². The predicted octanol–water partition coefficient (Wildman–Crippen LogP) is 2.62. The maximum atomic E-state index is 11.7. The molecule has 4 aliphatic carbocycles. The van der Waals surface area contributed by atoms with Gasteiger partial charge in [0.05, 0.1) is 24.0 Å². The lowest BCUT2D eigenvalue weighted by molar-refractivity contribution is -0.155. The summed E-state index contributed by atoms with van der Waals surface area (Å²) in [4.78, 5) is 23.4. The Morgan fingerprint density at radius 3 is 1.75 bits per heavy atom. The fourth-order valence-corrected chi connectivity index (χ4v) is 5.92. The summed E-state index contributed by atoms with van der Waals surface area (Å²) >= 11 is 0. The Labute approximate surface area is 169 Å². The molecular formula is C22H38N2O4. The molecule has 28 heavy (non-hydrogen) atoms. The van der Waals surface area contributed by atoms with Crippen LogP contribution in [-0.2, 0) is 19.1 Å². The van der Waals surface area contributed by atoms with E-state index in [4.69, 9.17) is 20.9 Å². The quantitative estimate of drug-likeness (QED) is 0.710. The van der Waals surface area contributed by atoms with Crippen molar-refractivity contribution < 1.29 is 19.1 Å². The second kappa shape index (κ2) is 8.70. The summed E-state index contributed by atoms with van der Waals surface area (Å²) in [6.45, 7) is 7.59. The van der Waals surface area contributed by atoms with Crippen LogP contribution >= 0.6 is 0 Å². The number of rotatable bonds is 4. The minimum atomic E-state index is -0.0253. The standard InChI is InChI=1S/2C11H19NO2/c1-6(2)14-11(13)9-4-8-3-7(9)5-10(8)12;1-6(2)14-11(13)9-4-7-3-8(9)10(12)5-7/h2*6-10H,3-5,12H2,1-2H3. The topological polar surface area (TPSA) is 105 Å². The van der Waals surface area contributed by atoms with Crippen LogP contribution < -0.4 is 11.5 Å². The Morgan fingerprint density at radius 1 is 0.714 bits per heavy atom. The summed E-state index contributed by atoms with van der Waals surface area (Å²) in [5.74, 6) is 2.35. The van der Waals surface area contributed by atoms with E-state index < -0.39 is 0 Å². The van der Waals surface area contributed by atoms with Crippen LogP contribution in [0.15, 0.2) is 0 Å². The molecule has 160 valence electrons. The van der Waals surface area contributed by atoms with Crippen molar-refractivity contribution >= 4 is 11.9 Å². The summed E-state index contributed by atoms with van der Waals surface area (Å²) in [5.41, 5.74) is 11.9. The van der Waals surface area contributed by atoms with Crippen LogP contribution in [0.2, 0.25) is 0 Å². The molecule has 0 amide bonds. The van der Waals surface area contributed by atoms with Crippen molar-refractivity contribution in [3.05, 3.63) is 0 Å². The zero-order valence-electron chi connectivity index (χ0n) is 17.8. The minimum Gasteiger partial charge on any atom is -0.463 e. The Bertz CT molecular complexity index is 577. The highest BCUT2D eigenvalue weighted by Gasteiger charge is 2.49. The SMILES string of the molecule is CC(C)OC(=O)C1CC2CC(N)C1C2.CC(C)OC(=O)C1CC2CC1CC2N. The van der Waals surface area contributed by atoms with E-state index in [-0.39, 0.29) is 42.0 Å². The first-order chi connectivity index (χ1) is 13.2. The number of hydrogen-bond acceptors (Lipinski definition) is 6. The van der Waals surface area contributed by atoms with Crippen LogP contribution in [0, 0.1) is 35.5 Å². The summed E-state index contributed by atoms with van der Waals surface area (Å²) in [7, 11) is 0. The summed E-state index contributed by atoms with van der Waals surface area (Å²) < 4.78 is 10.5. The van der Waals surface area contributed by atoms with Gasteiger partial charge < -0.3 is 20.9 Å². The van der Waals surface area contributed by atoms with Crippen LogP contribution in [0.25, 0.3) is 0 Å². The molecule has 6 heteroatoms. The number of carbonyl (C=O) groups is 2. The molecule has 4 rings (SSSR count). The fourth-order valence-electron chi connectivity index (χ4n) is 5.92. The Hall–Kier alpha value is -1.14. The van der Waals surface area contributed by atoms with Crippen molar-refractivity contribution in [3.8, 4) is 0 Å². The van der Waals surface area contributed by atoms with Gasteiger partial charge in [-0.3, -0.25) is 9.59 Å². The second-order valence-electron chi connectivity index (χ2n) is 9.98. The molecular weight excluding hydrogens is 356 g/mol. The molecule has 0 spiro atoms. The fraction of sp³-hybridized carbons (Fsp3) is 0.909. The van der Waals surface area contributed by atoms with Gasteiger partial charge in [-0.2, -0.15) is 0 Å². The number of nitrogens with two attached hydrogens (primary N) is 2. The molecule has 6 nitrogen and oxygen atoms in total. The van der Waals surface area contributed by atoms with Crippen molar-refractivity contribution in [2.24, 2.45) is 47.0 Å². The van der Waals surface area contributed by atoms with Gasteiger partial charge in [0.2, 0.25) is 0 Å². The normalized spacial score (nSPS) is 40.6. The zero-order valence-corrected chi connectivity index (χ0v) is 17.8. The summed E-state index contributed by atoms with van der Waals surface area (Å²) in [5, 5.41) is 0. The first kappa shape index (κ1) is 21.6. The second-order valence-corrected chi connectivity index (χ2v) is 9.98. The van der Waals surface area contributed by atoms with Gasteiger partial charge in [0.25, 0.3) is 0 Å². The third-order valence-electron chi connectivity index (χ3n) is 7.09. The molecule has 4 aliphatic rings. The number of carbonyl (C=O) groups excluding carboxylic acids is 2. The third-order valence-corrected chi connectivity index (χ3v) is 7.09. The minimum absolute atomic E-state index is 0.000556. The molecule has 4 saturated carbocycles. The van der Waals surface area contributed by atoms with Gasteiger partial charge in [-0.05, 0) is 89.9 Å². The van der Waals surface area contributed by atoms with E-state index in [1.54, 1.807) is 0 Å². The van der Waals surface area contributed by atoms with Crippen LogP contribution in [0.4, 0.5) is 0 Å². The molecule has 0 aromatic carbocycles. The van der Waals surface area contributed by atoms with Crippen molar-refractivity contribution in [1.29, 1.82) is 0 Å². The average molecular weight is 395 g/mol. The van der Waals surface area contributed by atoms with Gasteiger partial charge in [0, 0.05) is 12.1 Å². The summed E-state index contributed by atoms with van der Waals surface area (Å²) in [6.07, 6.45) is 6.37. The highest BCUT2D eigenvalue weighted by atomic mass is 16.5. The molecule has 0 heterocycles. The number of ether oxygens (including phenoxy) is 2. The molecule has 8 atom stereocenters. The molecule has 8 unspecified atom stereocenters. The van der Waals surface area contributed by atoms with Gasteiger partial charge in [-0.25, -0.2) is 0 Å². The molecule has 0 aliphatic heterocycles. The van der Waals surface area contributed by atoms with Crippen LogP contribution in [0.5, 0.6) is 0 Å². The monoisotopic (exact) mass is 394 g/mol. The van der Waals surface area contributed by atoms with Crippen molar-refractivity contribution in [3.63, 3.8) is 0 Å². The predicted molar refractivity (Wildman–Crippen MR) is 107 cm³/mol. The Morgan fingerprint density at radius 2 is 1.32 bits per heavy atom. The Balaban J connectivity index is 0.000000161. The molecule has 0 aromatic rings. The molecule has 0 radical (unpaired) electrons. The van der Waals surface area contributed by atoms with Crippen molar-refractivity contribution in [1.82, 2.24) is 0 Å². The third kappa shape index (κ3) is 4.70. The lowest BCUT2D eigenvalue weighted by atomic mass is 9.85. The highest BCUT2D eigenvalue weighted by Crippen LogP contribution is 2.49. The maximum absolute atomic E-state index is 11.7. The van der Waals surface area contributed by atoms with Crippen LogP contribution in [-0.4, -0.2) is 36.2 Å². The number of esters is 2. The van der Waals surface area contributed by atoms with Gasteiger partial charge >= 0.3 is 11.9 Å². The number of fused-ring (bicyclic) bond motifs is 4. The smallest absolute Gasteiger partial charge is 0.309 e. The molecule has 0 saturated heterocycles. The van der Waals surface area contributed by atoms with E-state index in [0.29, 0.717) is 29.7 Å². The Kier molecular flexibility index (Phi) is 6.70. The largest absolute Gasteiger partial charge is 0.463 e. The van der Waals surface area contributed by atoms with Crippen molar-refractivity contribution in [2.45, 2.75) is 90.5 Å². The first-order valence-corrected chi connectivity index (χ1v) is 11.1. The van der Waals surface area contributed by atoms with Crippen LogP contribution in [0.1, 0.15) is 66.2 Å². The van der Waals surface area contributed by atoms with Gasteiger partial charge in [0.1, 0.15) is 0 Å². The average Bonchev–Trinajstić information content (AvgIpc) is 3.32. The van der Waals surface area contributed by atoms with E-state index in [1.807, 2.05) is 27.7 Å². The highest BCUT2D eigenvalue weighted by molar-refractivity contribution is 5.74. The first-order valence-electron chi connectivity index (χ1n) is 11.1. The van der Waals surface area contributed by atoms with E-state index in [9.17, 15) is 9.59 Å². The lowest BCUT2D eigenvalue weighted by Crippen LogP contribution is -2.37. The molecule has 4 bridgehead atoms. The zero-order chi connectivity index (χ0) is 20.6. The maximum Gasteiger partial charge on any atom is 0.309 e. The van der Waals surface area contributed by atoms with Gasteiger partial charge in [-0.1, -0.05) is 0 Å².